The van der Waals surface area contributed by atoms with Crippen LogP contribution in [0.15, 0.2) is 37.4 Å². The molecule has 6 nitrogen and oxygen atoms in total. The van der Waals surface area contributed by atoms with Crippen molar-refractivity contribution in [1.82, 2.24) is 9.13 Å². The molecule has 0 N–H and O–H groups in total. The minimum absolute atomic E-state index is 0.657. The van der Waals surface area contributed by atoms with Crippen LogP contribution < -0.4 is 9.13 Å². The molecule has 0 bridgehead atoms. The van der Waals surface area contributed by atoms with Crippen molar-refractivity contribution in [1.29, 1.82) is 0 Å². The molecule has 0 aliphatic heterocycles. The zero-order valence-corrected chi connectivity index (χ0v) is 27.9. The van der Waals surface area contributed by atoms with Crippen LogP contribution in [0.3, 0.4) is 0 Å². The first-order chi connectivity index (χ1) is 20.8. The zero-order chi connectivity index (χ0) is 29.8. The fraction of sp³-hybridized carbons (Fsp3) is 0.833. The zero-order valence-electron chi connectivity index (χ0n) is 27.9. The van der Waals surface area contributed by atoms with Crippen LogP contribution in [0.2, 0.25) is 0 Å². The Bertz CT molecular complexity index is 766. The Labute approximate surface area is 259 Å². The third-order valence-electron chi connectivity index (χ3n) is 8.39. The number of aromatic nitrogens is 4. The molecule has 242 valence electrons. The molecule has 42 heavy (non-hydrogen) atoms. The number of hydrogen-bond donors (Lipinski definition) is 0. The van der Waals surface area contributed by atoms with Crippen LogP contribution in [-0.2, 0) is 35.7 Å². The molecule has 2 heterocycles. The predicted molar refractivity (Wildman–Crippen MR) is 175 cm³/mol. The fourth-order valence-corrected chi connectivity index (χ4v) is 5.63. The van der Waals surface area contributed by atoms with Gasteiger partial charge in [0.25, 0.3) is 0 Å². The smallest absolute Gasteiger partial charge is 0.243 e. The second kappa shape index (κ2) is 26.9. The summed E-state index contributed by atoms with van der Waals surface area (Å²) in [7, 11) is 0. The predicted octanol–water partition coefficient (Wildman–Crippen LogP) is 8.44. The van der Waals surface area contributed by atoms with Crippen molar-refractivity contribution in [2.45, 2.75) is 168 Å². The average molecular weight is 589 g/mol. The number of hydrogen-bond acceptors (Lipinski definition) is 2. The highest BCUT2D eigenvalue weighted by Gasteiger charge is 2.05. The van der Waals surface area contributed by atoms with E-state index in [1.54, 1.807) is 0 Å². The maximum atomic E-state index is 5.81. The Balaban J connectivity index is 1.35. The van der Waals surface area contributed by atoms with E-state index < -0.39 is 0 Å². The lowest BCUT2D eigenvalue weighted by atomic mass is 10.1. The van der Waals surface area contributed by atoms with Crippen molar-refractivity contribution in [3.05, 3.63) is 37.4 Å². The normalized spacial score (nSPS) is 11.6. The van der Waals surface area contributed by atoms with Gasteiger partial charge in [-0.15, -0.1) is 0 Å². The van der Waals surface area contributed by atoms with Gasteiger partial charge in [-0.1, -0.05) is 117 Å². The van der Waals surface area contributed by atoms with Crippen LogP contribution >= 0.6 is 0 Å². The van der Waals surface area contributed by atoms with Crippen LogP contribution in [0.25, 0.3) is 0 Å². The Morgan fingerprint density at radius 3 is 1.12 bits per heavy atom. The molecule has 0 saturated carbocycles. The molecule has 0 fully saturated rings. The topological polar surface area (TPSA) is 36.1 Å². The summed E-state index contributed by atoms with van der Waals surface area (Å²) in [5, 5.41) is 0. The molecular formula is C36H68N4O2+2. The van der Waals surface area contributed by atoms with E-state index in [-0.39, 0.29) is 0 Å². The standard InChI is InChI=1S/C36H68N4O2/c1-3-5-7-9-11-13-15-17-19-21-23-37-25-27-39(35-37)29-31-41-33-34-42-32-30-40-28-26-38(36-40)24-22-20-18-16-14-12-10-8-6-4-2/h25-28,35-36H,3-24,29-34H2,1-2H3/q+2. The van der Waals surface area contributed by atoms with E-state index in [0.717, 1.165) is 39.4 Å². The van der Waals surface area contributed by atoms with Gasteiger partial charge in [0.2, 0.25) is 12.7 Å². The molecule has 0 saturated heterocycles. The van der Waals surface area contributed by atoms with Crippen molar-refractivity contribution in [2.75, 3.05) is 26.4 Å². The molecular weight excluding hydrogens is 520 g/mol. The molecule has 0 atom stereocenters. The quantitative estimate of drug-likeness (QED) is 0.0654. The third-order valence-corrected chi connectivity index (χ3v) is 8.39. The number of rotatable bonds is 31. The lowest BCUT2D eigenvalue weighted by Crippen LogP contribution is -2.31. The first-order valence-corrected chi connectivity index (χ1v) is 18.1. The first-order valence-electron chi connectivity index (χ1n) is 18.1. The summed E-state index contributed by atoms with van der Waals surface area (Å²) in [5.74, 6) is 0. The Morgan fingerprint density at radius 1 is 0.429 bits per heavy atom. The van der Waals surface area contributed by atoms with Crippen molar-refractivity contribution >= 4 is 0 Å². The van der Waals surface area contributed by atoms with Gasteiger partial charge in [-0.25, -0.2) is 18.3 Å². The van der Waals surface area contributed by atoms with E-state index in [2.05, 4.69) is 69.6 Å². The second-order valence-corrected chi connectivity index (χ2v) is 12.4. The van der Waals surface area contributed by atoms with Gasteiger partial charge in [0.1, 0.15) is 37.9 Å². The lowest BCUT2D eigenvalue weighted by molar-refractivity contribution is -0.697. The summed E-state index contributed by atoms with van der Waals surface area (Å²) in [6.07, 6.45) is 40.9. The molecule has 0 amide bonds. The van der Waals surface area contributed by atoms with Crippen LogP contribution in [0, 0.1) is 0 Å². The Morgan fingerprint density at radius 2 is 0.762 bits per heavy atom. The minimum Gasteiger partial charge on any atom is -0.375 e. The van der Waals surface area contributed by atoms with Gasteiger partial charge in [0, 0.05) is 0 Å². The van der Waals surface area contributed by atoms with Crippen LogP contribution in [0.4, 0.5) is 0 Å². The van der Waals surface area contributed by atoms with Gasteiger partial charge >= 0.3 is 0 Å². The average Bonchev–Trinajstić information content (AvgIpc) is 3.66. The fourth-order valence-electron chi connectivity index (χ4n) is 5.63. The molecule has 0 spiro atoms. The molecule has 2 aromatic heterocycles. The number of aryl methyl sites for hydroxylation is 2. The molecule has 0 radical (unpaired) electrons. The third kappa shape index (κ3) is 20.3. The summed E-state index contributed by atoms with van der Waals surface area (Å²) >= 11 is 0. The largest absolute Gasteiger partial charge is 0.375 e. The molecule has 0 aromatic carbocycles. The Kier molecular flexibility index (Phi) is 23.4. The number of imidazole rings is 2. The number of unbranched alkanes of at least 4 members (excludes halogenated alkanes) is 18. The Hall–Kier alpha value is -1.66. The molecule has 0 unspecified atom stereocenters. The van der Waals surface area contributed by atoms with E-state index in [0.29, 0.717) is 13.2 Å². The first kappa shape index (κ1) is 36.5. The molecule has 2 aromatic rings. The van der Waals surface area contributed by atoms with E-state index in [1.807, 2.05) is 0 Å². The second-order valence-electron chi connectivity index (χ2n) is 12.4. The van der Waals surface area contributed by atoms with Gasteiger partial charge in [-0.05, 0) is 25.7 Å². The van der Waals surface area contributed by atoms with Gasteiger partial charge < -0.3 is 9.47 Å². The van der Waals surface area contributed by atoms with Gasteiger partial charge in [0.05, 0.1) is 39.5 Å². The number of nitrogens with zero attached hydrogens (tertiary/aromatic N) is 4. The summed E-state index contributed by atoms with van der Waals surface area (Å²) < 4.78 is 20.7. The van der Waals surface area contributed by atoms with Crippen LogP contribution in [0.1, 0.15) is 142 Å². The van der Waals surface area contributed by atoms with E-state index in [9.17, 15) is 0 Å². The van der Waals surface area contributed by atoms with E-state index >= 15 is 0 Å². The van der Waals surface area contributed by atoms with Crippen LogP contribution in [0.5, 0.6) is 0 Å². The number of ether oxygens (including phenoxy) is 2. The highest BCUT2D eigenvalue weighted by atomic mass is 16.5. The van der Waals surface area contributed by atoms with Crippen LogP contribution in [-0.4, -0.2) is 35.6 Å². The van der Waals surface area contributed by atoms with Gasteiger partial charge in [-0.2, -0.15) is 0 Å². The minimum atomic E-state index is 0.657. The lowest BCUT2D eigenvalue weighted by Gasteiger charge is -2.04. The monoisotopic (exact) mass is 589 g/mol. The maximum absolute atomic E-state index is 5.81. The van der Waals surface area contributed by atoms with Crippen molar-refractivity contribution < 1.29 is 18.6 Å². The summed E-state index contributed by atoms with van der Waals surface area (Å²) in [6, 6.07) is 0. The SMILES string of the molecule is CCCCCCCCCCCC[n+]1ccn(CCOCCOCCn2cc[n+](CCCCCCCCCCCC)c2)c1. The summed E-state index contributed by atoms with van der Waals surface area (Å²) in [5.41, 5.74) is 0. The van der Waals surface area contributed by atoms with E-state index in [1.165, 1.54) is 128 Å². The molecule has 6 heteroatoms. The van der Waals surface area contributed by atoms with Crippen molar-refractivity contribution in [3.8, 4) is 0 Å². The molecule has 0 aliphatic carbocycles. The maximum Gasteiger partial charge on any atom is 0.243 e. The molecule has 0 aliphatic rings. The van der Waals surface area contributed by atoms with Crippen molar-refractivity contribution in [2.24, 2.45) is 0 Å². The van der Waals surface area contributed by atoms with Gasteiger partial charge in [0.15, 0.2) is 0 Å². The van der Waals surface area contributed by atoms with Gasteiger partial charge in [-0.3, -0.25) is 0 Å². The highest BCUT2D eigenvalue weighted by Crippen LogP contribution is 2.11. The van der Waals surface area contributed by atoms with Crippen molar-refractivity contribution in [3.63, 3.8) is 0 Å². The molecule has 2 rings (SSSR count). The van der Waals surface area contributed by atoms with E-state index in [4.69, 9.17) is 9.47 Å². The highest BCUT2D eigenvalue weighted by molar-refractivity contribution is 4.67. The summed E-state index contributed by atoms with van der Waals surface area (Å²) in [6.45, 7) is 11.4. The summed E-state index contributed by atoms with van der Waals surface area (Å²) in [4.78, 5) is 0.